The highest BCUT2D eigenvalue weighted by molar-refractivity contribution is 9.10. The van der Waals surface area contributed by atoms with Crippen LogP contribution in [0.15, 0.2) is 22.7 Å². The molecule has 1 atom stereocenters. The van der Waals surface area contributed by atoms with Gasteiger partial charge in [0.25, 0.3) is 5.91 Å². The summed E-state index contributed by atoms with van der Waals surface area (Å²) in [6.07, 6.45) is 2.43. The van der Waals surface area contributed by atoms with Crippen molar-refractivity contribution in [2.75, 3.05) is 7.05 Å². The van der Waals surface area contributed by atoms with E-state index >= 15 is 0 Å². The minimum absolute atomic E-state index is 0.0350. The monoisotopic (exact) mass is 297 g/mol. The molecular weight excluding hydrogens is 282 g/mol. The Morgan fingerprint density at radius 2 is 2.18 bits per heavy atom. The van der Waals surface area contributed by atoms with Gasteiger partial charge in [0, 0.05) is 18.7 Å². The molecule has 1 aromatic rings. The quantitative estimate of drug-likeness (QED) is 0.932. The lowest BCUT2D eigenvalue weighted by Gasteiger charge is -2.25. The Kier molecular flexibility index (Phi) is 3.43. The fraction of sp³-hybridized carbons (Fsp3) is 0.462. The molecule has 1 amide bonds. The number of amides is 1. The third-order valence-corrected chi connectivity index (χ3v) is 4.10. The molecule has 0 saturated heterocycles. The van der Waals surface area contributed by atoms with Crippen LogP contribution in [0.25, 0.3) is 0 Å². The zero-order valence-electron chi connectivity index (χ0n) is 9.98. The predicted molar refractivity (Wildman–Crippen MR) is 70.1 cm³/mol. The molecule has 1 fully saturated rings. The molecule has 0 aromatic heterocycles. The van der Waals surface area contributed by atoms with Gasteiger partial charge >= 0.3 is 0 Å². The molecule has 0 spiro atoms. The largest absolute Gasteiger partial charge is 0.507 e. The summed E-state index contributed by atoms with van der Waals surface area (Å²) in [5.74, 6) is 0.712. The molecule has 2 rings (SSSR count). The van der Waals surface area contributed by atoms with E-state index in [1.54, 1.807) is 17.0 Å². The second-order valence-corrected chi connectivity index (χ2v) is 5.51. The normalized spacial score (nSPS) is 16.6. The van der Waals surface area contributed by atoms with E-state index in [1.165, 1.54) is 18.9 Å². The highest BCUT2D eigenvalue weighted by Crippen LogP contribution is 2.35. The predicted octanol–water partition coefficient (Wildman–Crippen LogP) is 3.03. The molecule has 92 valence electrons. The summed E-state index contributed by atoms with van der Waals surface area (Å²) in [6, 6.07) is 5.19. The lowest BCUT2D eigenvalue weighted by Crippen LogP contribution is -2.36. The number of rotatable bonds is 3. The summed E-state index contributed by atoms with van der Waals surface area (Å²) in [5, 5.41) is 9.57. The Balaban J connectivity index is 2.15. The minimum Gasteiger partial charge on any atom is -0.507 e. The van der Waals surface area contributed by atoms with Gasteiger partial charge < -0.3 is 10.0 Å². The Morgan fingerprint density at radius 1 is 1.53 bits per heavy atom. The molecular formula is C13H16BrNO2. The van der Waals surface area contributed by atoms with Gasteiger partial charge in [-0.05, 0) is 59.8 Å². The maximum atomic E-state index is 12.2. The van der Waals surface area contributed by atoms with Gasteiger partial charge in [0.15, 0.2) is 0 Å². The first-order chi connectivity index (χ1) is 8.00. The van der Waals surface area contributed by atoms with Crippen LogP contribution in [0.5, 0.6) is 5.75 Å². The lowest BCUT2D eigenvalue weighted by molar-refractivity contribution is 0.0727. The summed E-state index contributed by atoms with van der Waals surface area (Å²) < 4.78 is 0.604. The van der Waals surface area contributed by atoms with Gasteiger partial charge in [-0.15, -0.1) is 0 Å². The van der Waals surface area contributed by atoms with Crippen molar-refractivity contribution in [3.63, 3.8) is 0 Å². The third-order valence-electron chi connectivity index (χ3n) is 3.43. The zero-order valence-corrected chi connectivity index (χ0v) is 11.6. The van der Waals surface area contributed by atoms with Crippen LogP contribution in [0.3, 0.4) is 0 Å². The number of halogens is 1. The summed E-state index contributed by atoms with van der Waals surface area (Å²) in [6.45, 7) is 2.08. The SMILES string of the molecule is CC(C1CC1)N(C)C(=O)c1ccc(Br)c(O)c1. The maximum Gasteiger partial charge on any atom is 0.253 e. The number of phenolic OH excluding ortho intramolecular Hbond substituents is 1. The number of carbonyl (C=O) groups excluding carboxylic acids is 1. The van der Waals surface area contributed by atoms with Crippen LogP contribution in [0.1, 0.15) is 30.1 Å². The Hall–Kier alpha value is -1.03. The molecule has 3 nitrogen and oxygen atoms in total. The fourth-order valence-corrected chi connectivity index (χ4v) is 2.18. The number of phenols is 1. The van der Waals surface area contributed by atoms with E-state index < -0.39 is 0 Å². The van der Waals surface area contributed by atoms with Gasteiger partial charge in [0.1, 0.15) is 5.75 Å². The Morgan fingerprint density at radius 3 is 2.71 bits per heavy atom. The van der Waals surface area contributed by atoms with Gasteiger partial charge in [-0.1, -0.05) is 0 Å². The standard InChI is InChI=1S/C13H16BrNO2/c1-8(9-3-4-9)15(2)13(17)10-5-6-11(14)12(16)7-10/h5-9,16H,3-4H2,1-2H3. The van der Waals surface area contributed by atoms with Gasteiger partial charge in [0.2, 0.25) is 0 Å². The van der Waals surface area contributed by atoms with Crippen molar-refractivity contribution in [1.82, 2.24) is 4.90 Å². The Labute approximate surface area is 110 Å². The van der Waals surface area contributed by atoms with E-state index in [1.807, 2.05) is 7.05 Å². The zero-order chi connectivity index (χ0) is 12.6. The van der Waals surface area contributed by atoms with Gasteiger partial charge in [-0.2, -0.15) is 0 Å². The summed E-state index contributed by atoms with van der Waals surface area (Å²) in [7, 11) is 1.82. The highest BCUT2D eigenvalue weighted by atomic mass is 79.9. The van der Waals surface area contributed by atoms with Crippen LogP contribution in [0.4, 0.5) is 0 Å². The first kappa shape index (κ1) is 12.4. The molecule has 0 heterocycles. The molecule has 1 saturated carbocycles. The van der Waals surface area contributed by atoms with Crippen molar-refractivity contribution in [2.45, 2.75) is 25.8 Å². The molecule has 0 radical (unpaired) electrons. The number of benzene rings is 1. The molecule has 1 unspecified atom stereocenters. The van der Waals surface area contributed by atoms with Gasteiger partial charge in [-0.25, -0.2) is 0 Å². The van der Waals surface area contributed by atoms with Crippen LogP contribution >= 0.6 is 15.9 Å². The first-order valence-electron chi connectivity index (χ1n) is 5.76. The fourth-order valence-electron chi connectivity index (χ4n) is 1.93. The summed E-state index contributed by atoms with van der Waals surface area (Å²) >= 11 is 3.20. The maximum absolute atomic E-state index is 12.2. The highest BCUT2D eigenvalue weighted by Gasteiger charge is 2.32. The smallest absolute Gasteiger partial charge is 0.253 e. The van der Waals surface area contributed by atoms with Crippen molar-refractivity contribution >= 4 is 21.8 Å². The molecule has 1 N–H and O–H groups in total. The second-order valence-electron chi connectivity index (χ2n) is 4.66. The van der Waals surface area contributed by atoms with E-state index in [9.17, 15) is 9.90 Å². The number of aromatic hydroxyl groups is 1. The molecule has 1 aromatic carbocycles. The van der Waals surface area contributed by atoms with Crippen molar-refractivity contribution in [2.24, 2.45) is 5.92 Å². The van der Waals surface area contributed by atoms with E-state index in [0.29, 0.717) is 16.0 Å². The van der Waals surface area contributed by atoms with Crippen LogP contribution in [-0.4, -0.2) is 29.0 Å². The van der Waals surface area contributed by atoms with E-state index in [4.69, 9.17) is 0 Å². The molecule has 1 aliphatic rings. The Bertz CT molecular complexity index is 443. The minimum atomic E-state index is -0.0350. The number of nitrogens with zero attached hydrogens (tertiary/aromatic N) is 1. The summed E-state index contributed by atoms with van der Waals surface area (Å²) in [5.41, 5.74) is 0.528. The second kappa shape index (κ2) is 4.69. The summed E-state index contributed by atoms with van der Waals surface area (Å²) in [4.78, 5) is 13.9. The molecule has 17 heavy (non-hydrogen) atoms. The van der Waals surface area contributed by atoms with Gasteiger partial charge in [-0.3, -0.25) is 4.79 Å². The van der Waals surface area contributed by atoms with Crippen LogP contribution in [0, 0.1) is 5.92 Å². The van der Waals surface area contributed by atoms with E-state index in [-0.39, 0.29) is 17.7 Å². The van der Waals surface area contributed by atoms with Crippen molar-refractivity contribution in [3.05, 3.63) is 28.2 Å². The topological polar surface area (TPSA) is 40.5 Å². The molecule has 4 heteroatoms. The molecule has 0 aliphatic heterocycles. The number of hydrogen-bond acceptors (Lipinski definition) is 2. The van der Waals surface area contributed by atoms with Crippen molar-refractivity contribution < 1.29 is 9.90 Å². The average molecular weight is 298 g/mol. The average Bonchev–Trinajstić information content (AvgIpc) is 3.14. The van der Waals surface area contributed by atoms with Crippen LogP contribution in [0.2, 0.25) is 0 Å². The number of carbonyl (C=O) groups is 1. The molecule has 1 aliphatic carbocycles. The van der Waals surface area contributed by atoms with Gasteiger partial charge in [0.05, 0.1) is 4.47 Å². The van der Waals surface area contributed by atoms with E-state index in [2.05, 4.69) is 22.9 Å². The van der Waals surface area contributed by atoms with Crippen molar-refractivity contribution in [3.8, 4) is 5.75 Å². The van der Waals surface area contributed by atoms with Crippen LogP contribution in [-0.2, 0) is 0 Å². The van der Waals surface area contributed by atoms with Crippen molar-refractivity contribution in [1.29, 1.82) is 0 Å². The van der Waals surface area contributed by atoms with E-state index in [0.717, 1.165) is 0 Å². The lowest BCUT2D eigenvalue weighted by atomic mass is 10.1. The first-order valence-corrected chi connectivity index (χ1v) is 6.55. The number of hydrogen-bond donors (Lipinski definition) is 1. The third kappa shape index (κ3) is 2.63. The van der Waals surface area contributed by atoms with Crippen LogP contribution < -0.4 is 0 Å². The molecule has 0 bridgehead atoms.